The predicted octanol–water partition coefficient (Wildman–Crippen LogP) is 0.334. The van der Waals surface area contributed by atoms with E-state index in [0.717, 1.165) is 5.92 Å². The minimum absolute atomic E-state index is 0. The molecule has 0 aliphatic carbocycles. The molecule has 1 atom stereocenters. The first-order valence-electron chi connectivity index (χ1n) is 5.49. The average molecular weight is 274 g/mol. The van der Waals surface area contributed by atoms with E-state index in [1.54, 1.807) is 0 Å². The van der Waals surface area contributed by atoms with E-state index in [0.29, 0.717) is 0 Å². The van der Waals surface area contributed by atoms with Crippen molar-refractivity contribution in [3.8, 4) is 0 Å². The first-order chi connectivity index (χ1) is 7.35. The van der Waals surface area contributed by atoms with Gasteiger partial charge in [0.2, 0.25) is 0 Å². The molecule has 0 aromatic heterocycles. The molecule has 0 spiro atoms. The normalized spacial score (nSPS) is 12.5. The van der Waals surface area contributed by atoms with Gasteiger partial charge in [-0.1, -0.05) is 51.9 Å². The zero-order chi connectivity index (χ0) is 13.0. The number of hydrogen-bond acceptors (Lipinski definition) is 2. The number of unbranched alkanes of at least 4 members (excludes halogenated alkanes) is 1. The standard InChI is InChI=1S/C11H21.Na.H2O4S/c1-4-7-9-11(6-3)10-8-5-2;;1-5(2,3)4/h4,7,11H,1,5-6,8-10H2,2-3H3;;(H2,1,2,3,4)/q-1;+1;. The maximum Gasteiger partial charge on any atom is 1.00 e. The van der Waals surface area contributed by atoms with E-state index in [4.69, 9.17) is 17.5 Å². The van der Waals surface area contributed by atoms with Gasteiger partial charge in [0, 0.05) is 0 Å². The van der Waals surface area contributed by atoms with Crippen LogP contribution < -0.4 is 29.6 Å². The summed E-state index contributed by atoms with van der Waals surface area (Å²) in [6.07, 6.45) is 10.7. The van der Waals surface area contributed by atoms with Crippen LogP contribution in [0, 0.1) is 12.8 Å². The summed E-state index contributed by atoms with van der Waals surface area (Å²) >= 11 is 0. The smallest absolute Gasteiger partial charge is 0.264 e. The Balaban J connectivity index is -0.000000280. The van der Waals surface area contributed by atoms with Gasteiger partial charge in [-0.2, -0.15) is 8.42 Å². The van der Waals surface area contributed by atoms with Crippen molar-refractivity contribution in [2.24, 2.45) is 5.92 Å². The van der Waals surface area contributed by atoms with Crippen molar-refractivity contribution in [2.45, 2.75) is 46.0 Å². The SMILES string of the molecule is O=S(=O)(O)O.[CH2-]C=CCC(CC)CCCC.[Na+]. The third-order valence-corrected chi connectivity index (χ3v) is 2.18. The van der Waals surface area contributed by atoms with E-state index in [1.165, 1.54) is 32.1 Å². The van der Waals surface area contributed by atoms with Crippen LogP contribution in [0.5, 0.6) is 0 Å². The van der Waals surface area contributed by atoms with E-state index >= 15 is 0 Å². The number of allylic oxidation sites excluding steroid dienone is 2. The van der Waals surface area contributed by atoms with Crippen LogP contribution in [-0.2, 0) is 10.4 Å². The molecular weight excluding hydrogens is 251 g/mol. The summed E-state index contributed by atoms with van der Waals surface area (Å²) in [5, 5.41) is 0. The second kappa shape index (κ2) is 14.5. The van der Waals surface area contributed by atoms with Gasteiger partial charge in [0.1, 0.15) is 0 Å². The minimum atomic E-state index is -4.67. The fourth-order valence-electron chi connectivity index (χ4n) is 1.27. The summed E-state index contributed by atoms with van der Waals surface area (Å²) in [6.45, 7) is 8.22. The summed E-state index contributed by atoms with van der Waals surface area (Å²) in [4.78, 5) is 0. The molecule has 0 bridgehead atoms. The molecule has 0 fully saturated rings. The first kappa shape index (κ1) is 22.6. The fraction of sp³-hybridized carbons (Fsp3) is 0.727. The van der Waals surface area contributed by atoms with Gasteiger partial charge in [0.05, 0.1) is 0 Å². The van der Waals surface area contributed by atoms with Gasteiger partial charge in [-0.3, -0.25) is 9.11 Å². The van der Waals surface area contributed by atoms with Gasteiger partial charge in [-0.25, -0.2) is 19.1 Å². The maximum atomic E-state index is 8.74. The van der Waals surface area contributed by atoms with Crippen LogP contribution in [0.2, 0.25) is 0 Å². The van der Waals surface area contributed by atoms with E-state index in [2.05, 4.69) is 26.8 Å². The molecule has 0 rings (SSSR count). The fourth-order valence-corrected chi connectivity index (χ4v) is 1.27. The van der Waals surface area contributed by atoms with Crippen LogP contribution >= 0.6 is 0 Å². The van der Waals surface area contributed by atoms with Gasteiger partial charge in [-0.05, 0) is 0 Å². The Hall–Kier alpha value is 0.480. The van der Waals surface area contributed by atoms with E-state index < -0.39 is 10.4 Å². The average Bonchev–Trinajstić information content (AvgIpc) is 2.16. The van der Waals surface area contributed by atoms with Gasteiger partial charge in [0.25, 0.3) is 0 Å². The zero-order valence-electron chi connectivity index (χ0n) is 11.1. The van der Waals surface area contributed by atoms with Crippen molar-refractivity contribution in [1.82, 2.24) is 0 Å². The monoisotopic (exact) mass is 274 g/mol. The largest absolute Gasteiger partial charge is 1.00 e. The van der Waals surface area contributed by atoms with E-state index in [9.17, 15) is 0 Å². The van der Waals surface area contributed by atoms with Crippen LogP contribution in [-0.4, -0.2) is 17.5 Å². The van der Waals surface area contributed by atoms with Crippen LogP contribution in [0.15, 0.2) is 12.2 Å². The molecule has 0 aromatic rings. The molecule has 1 unspecified atom stereocenters. The second-order valence-electron chi connectivity index (χ2n) is 3.57. The van der Waals surface area contributed by atoms with Crippen molar-refractivity contribution >= 4 is 10.4 Å². The van der Waals surface area contributed by atoms with E-state index in [1.807, 2.05) is 6.08 Å². The molecule has 98 valence electrons. The molecule has 6 heteroatoms. The molecule has 0 aliphatic rings. The third-order valence-electron chi connectivity index (χ3n) is 2.18. The molecule has 0 aliphatic heterocycles. The molecule has 0 saturated heterocycles. The summed E-state index contributed by atoms with van der Waals surface area (Å²) in [5.41, 5.74) is 0. The second-order valence-corrected chi connectivity index (χ2v) is 4.47. The molecule has 4 nitrogen and oxygen atoms in total. The van der Waals surface area contributed by atoms with Crippen LogP contribution in [0.1, 0.15) is 46.0 Å². The molecule has 0 saturated carbocycles. The van der Waals surface area contributed by atoms with Gasteiger partial charge >= 0.3 is 40.0 Å². The third kappa shape index (κ3) is 31.5. The quantitative estimate of drug-likeness (QED) is 0.416. The first-order valence-corrected chi connectivity index (χ1v) is 6.88. The molecule has 0 aromatic carbocycles. The summed E-state index contributed by atoms with van der Waals surface area (Å²) in [7, 11) is -4.67. The Kier molecular flexibility index (Phi) is 19.4. The van der Waals surface area contributed by atoms with Crippen molar-refractivity contribution in [3.05, 3.63) is 19.1 Å². The molecule has 17 heavy (non-hydrogen) atoms. The van der Waals surface area contributed by atoms with Crippen molar-refractivity contribution in [3.63, 3.8) is 0 Å². The Morgan fingerprint density at radius 3 is 2.06 bits per heavy atom. The van der Waals surface area contributed by atoms with Crippen LogP contribution in [0.3, 0.4) is 0 Å². The van der Waals surface area contributed by atoms with Gasteiger partial charge in [0.15, 0.2) is 0 Å². The van der Waals surface area contributed by atoms with Crippen molar-refractivity contribution in [2.75, 3.05) is 0 Å². The van der Waals surface area contributed by atoms with Crippen LogP contribution in [0.4, 0.5) is 0 Å². The Morgan fingerprint density at radius 1 is 1.29 bits per heavy atom. The molecule has 0 radical (unpaired) electrons. The topological polar surface area (TPSA) is 74.6 Å². The predicted molar refractivity (Wildman–Crippen MR) is 66.6 cm³/mol. The van der Waals surface area contributed by atoms with Gasteiger partial charge < -0.3 is 0 Å². The Labute approximate surface area is 128 Å². The number of hydrogen-bond donors (Lipinski definition) is 2. The molecular formula is C11H23NaO4S. The van der Waals surface area contributed by atoms with E-state index in [-0.39, 0.29) is 29.6 Å². The number of rotatable bonds is 6. The maximum absolute atomic E-state index is 8.74. The minimum Gasteiger partial charge on any atom is -0.264 e. The zero-order valence-corrected chi connectivity index (χ0v) is 13.9. The summed E-state index contributed by atoms with van der Waals surface area (Å²) in [6, 6.07) is 0. The summed E-state index contributed by atoms with van der Waals surface area (Å²) < 4.78 is 31.6. The summed E-state index contributed by atoms with van der Waals surface area (Å²) in [5.74, 6) is 0.896. The molecule has 0 amide bonds. The molecule has 2 N–H and O–H groups in total. The Bertz CT molecular complexity index is 255. The van der Waals surface area contributed by atoms with Crippen molar-refractivity contribution < 1.29 is 47.1 Å². The Morgan fingerprint density at radius 2 is 1.76 bits per heavy atom. The van der Waals surface area contributed by atoms with Crippen LogP contribution in [0.25, 0.3) is 0 Å². The van der Waals surface area contributed by atoms with Gasteiger partial charge in [-0.15, -0.1) is 0 Å². The van der Waals surface area contributed by atoms with Crippen molar-refractivity contribution in [1.29, 1.82) is 0 Å². The molecule has 0 heterocycles.